The van der Waals surface area contributed by atoms with Crippen LogP contribution in [0.5, 0.6) is 0 Å². The third-order valence-electron chi connectivity index (χ3n) is 1.39. The van der Waals surface area contributed by atoms with E-state index >= 15 is 0 Å². The zero-order valence-electron chi connectivity index (χ0n) is 5.49. The quantitative estimate of drug-likeness (QED) is 0.640. The van der Waals surface area contributed by atoms with Crippen molar-refractivity contribution in [3.05, 3.63) is 9.40 Å². The summed E-state index contributed by atoms with van der Waals surface area (Å²) in [6.45, 7) is 0. The Morgan fingerprint density at radius 1 is 1.00 bits per heavy atom. The van der Waals surface area contributed by atoms with Gasteiger partial charge < -0.3 is 0 Å². The van der Waals surface area contributed by atoms with Gasteiger partial charge in [0.15, 0.2) is 4.36 Å². The highest BCUT2D eigenvalue weighted by atomic mass is 35.5. The molecular weight excluding hydrogens is 325 g/mol. The van der Waals surface area contributed by atoms with Gasteiger partial charge in [0.1, 0.15) is 0 Å². The lowest BCUT2D eigenvalue weighted by Gasteiger charge is -2.23. The monoisotopic (exact) mass is 322 g/mol. The van der Waals surface area contributed by atoms with Crippen LogP contribution in [0.1, 0.15) is 0 Å². The molecule has 1 heterocycles. The number of hydrogen-bond acceptors (Lipinski definition) is 2. The van der Waals surface area contributed by atoms with Crippen LogP contribution in [0, 0.1) is 0 Å². The standard InChI is InChI=1S/C4Cl6O2S/c5-1-2(6)13(11,12)4(9,10)3(1,7)8. The second-order valence-electron chi connectivity index (χ2n) is 2.18. The fourth-order valence-corrected chi connectivity index (χ4v) is 4.69. The van der Waals surface area contributed by atoms with Crippen molar-refractivity contribution in [2.75, 3.05) is 0 Å². The number of allylic oxidation sites excluding steroid dienone is 1. The zero-order valence-corrected chi connectivity index (χ0v) is 10.8. The number of sulfone groups is 1. The summed E-state index contributed by atoms with van der Waals surface area (Å²) in [5.41, 5.74) is 0. The van der Waals surface area contributed by atoms with Crippen LogP contribution in [-0.2, 0) is 9.84 Å². The molecule has 0 aromatic rings. The van der Waals surface area contributed by atoms with Gasteiger partial charge in [0.05, 0.1) is 5.03 Å². The molecule has 2 nitrogen and oxygen atoms in total. The van der Waals surface area contributed by atoms with E-state index in [2.05, 4.69) is 0 Å². The lowest BCUT2D eigenvalue weighted by atomic mass is 10.4. The van der Waals surface area contributed by atoms with E-state index in [1.807, 2.05) is 0 Å². The van der Waals surface area contributed by atoms with E-state index in [4.69, 9.17) is 69.6 Å². The Balaban J connectivity index is 3.58. The van der Waals surface area contributed by atoms with E-state index in [1.165, 1.54) is 0 Å². The van der Waals surface area contributed by atoms with Crippen molar-refractivity contribution in [2.45, 2.75) is 8.00 Å². The summed E-state index contributed by atoms with van der Waals surface area (Å²) in [5.74, 6) is 0. The van der Waals surface area contributed by atoms with Crippen LogP contribution in [0.3, 0.4) is 0 Å². The van der Waals surface area contributed by atoms with E-state index in [1.54, 1.807) is 0 Å². The van der Waals surface area contributed by atoms with Crippen LogP contribution in [0.25, 0.3) is 0 Å². The maximum Gasteiger partial charge on any atom is 0.261 e. The molecule has 1 aliphatic rings. The molecule has 0 aliphatic carbocycles. The van der Waals surface area contributed by atoms with Gasteiger partial charge >= 0.3 is 0 Å². The molecule has 0 amide bonds. The SMILES string of the molecule is O=S1(=O)C(Cl)=C(Cl)C(Cl)(Cl)C1(Cl)Cl. The molecule has 0 saturated carbocycles. The van der Waals surface area contributed by atoms with Crippen LogP contribution < -0.4 is 0 Å². The summed E-state index contributed by atoms with van der Waals surface area (Å²) in [5, 5.41) is -0.498. The third-order valence-corrected chi connectivity index (χ3v) is 8.06. The first-order valence-electron chi connectivity index (χ1n) is 2.63. The fourth-order valence-electron chi connectivity index (χ4n) is 0.650. The Hall–Kier alpha value is 1.43. The maximum absolute atomic E-state index is 11.3. The van der Waals surface area contributed by atoms with Crippen molar-refractivity contribution in [2.24, 2.45) is 0 Å². The minimum absolute atomic E-state index is 0.498. The van der Waals surface area contributed by atoms with Gasteiger partial charge in [0, 0.05) is 0 Å². The van der Waals surface area contributed by atoms with E-state index in [-0.39, 0.29) is 0 Å². The van der Waals surface area contributed by atoms with Crippen molar-refractivity contribution in [3.8, 4) is 0 Å². The molecular formula is C4Cl6O2S. The molecule has 0 N–H and O–H groups in total. The maximum atomic E-state index is 11.3. The predicted molar refractivity (Wildman–Crippen MR) is 56.5 cm³/mol. The predicted octanol–water partition coefficient (Wildman–Crippen LogP) is 3.37. The lowest BCUT2D eigenvalue weighted by molar-refractivity contribution is 0.598. The Morgan fingerprint density at radius 2 is 1.38 bits per heavy atom. The van der Waals surface area contributed by atoms with Crippen molar-refractivity contribution in [3.63, 3.8) is 0 Å². The van der Waals surface area contributed by atoms with Gasteiger partial charge in [-0.05, 0) is 0 Å². The minimum atomic E-state index is -4.18. The summed E-state index contributed by atoms with van der Waals surface area (Å²) < 4.78 is 17.3. The highest BCUT2D eigenvalue weighted by molar-refractivity contribution is 8.01. The normalized spacial score (nSPS) is 29.4. The fraction of sp³-hybridized carbons (Fsp3) is 0.500. The van der Waals surface area contributed by atoms with Crippen molar-refractivity contribution in [1.82, 2.24) is 0 Å². The summed E-state index contributed by atoms with van der Waals surface area (Å²) in [7, 11) is -4.18. The molecule has 0 radical (unpaired) electrons. The molecule has 0 atom stereocenters. The van der Waals surface area contributed by atoms with Gasteiger partial charge in [-0.2, -0.15) is 0 Å². The topological polar surface area (TPSA) is 34.1 Å². The van der Waals surface area contributed by atoms with Crippen LogP contribution >= 0.6 is 69.6 Å². The Kier molecular flexibility index (Phi) is 3.09. The smallest absolute Gasteiger partial charge is 0.219 e. The second kappa shape index (κ2) is 3.21. The van der Waals surface area contributed by atoms with Crippen molar-refractivity contribution in [1.29, 1.82) is 0 Å². The van der Waals surface area contributed by atoms with Crippen LogP contribution in [0.4, 0.5) is 0 Å². The summed E-state index contributed by atoms with van der Waals surface area (Å²) in [4.78, 5) is 0. The molecule has 0 unspecified atom stereocenters. The molecule has 0 spiro atoms. The second-order valence-corrected chi connectivity index (χ2v) is 8.29. The summed E-state index contributed by atoms with van der Waals surface area (Å²) >= 11 is 32.8. The molecule has 0 bridgehead atoms. The molecule has 1 aliphatic heterocycles. The van der Waals surface area contributed by atoms with E-state index in [0.29, 0.717) is 0 Å². The van der Waals surface area contributed by atoms with E-state index in [0.717, 1.165) is 0 Å². The largest absolute Gasteiger partial charge is 0.261 e. The first-order chi connectivity index (χ1) is 5.57. The van der Waals surface area contributed by atoms with Crippen molar-refractivity contribution >= 4 is 79.4 Å². The van der Waals surface area contributed by atoms with E-state index in [9.17, 15) is 8.42 Å². The summed E-state index contributed by atoms with van der Waals surface area (Å²) in [6.07, 6.45) is 0. The third kappa shape index (κ3) is 1.40. The molecule has 0 aromatic carbocycles. The average Bonchev–Trinajstić information content (AvgIpc) is 2.05. The van der Waals surface area contributed by atoms with Gasteiger partial charge in [-0.25, -0.2) is 8.42 Å². The van der Waals surface area contributed by atoms with Gasteiger partial charge in [-0.15, -0.1) is 0 Å². The van der Waals surface area contributed by atoms with Crippen molar-refractivity contribution < 1.29 is 8.42 Å². The van der Waals surface area contributed by atoms with Crippen LogP contribution in [0.15, 0.2) is 9.40 Å². The first kappa shape index (κ1) is 12.5. The van der Waals surface area contributed by atoms with Crippen LogP contribution in [-0.4, -0.2) is 16.4 Å². The van der Waals surface area contributed by atoms with Gasteiger partial charge in [0.2, 0.25) is 14.2 Å². The zero-order chi connectivity index (χ0) is 10.7. The highest BCUT2D eigenvalue weighted by Crippen LogP contribution is 2.60. The Bertz CT molecular complexity index is 379. The highest BCUT2D eigenvalue weighted by Gasteiger charge is 2.66. The molecule has 76 valence electrons. The van der Waals surface area contributed by atoms with Gasteiger partial charge in [-0.3, -0.25) is 0 Å². The number of halogens is 6. The number of hydrogen-bond donors (Lipinski definition) is 0. The average molecular weight is 325 g/mol. The molecule has 9 heteroatoms. The molecule has 0 fully saturated rings. The minimum Gasteiger partial charge on any atom is -0.219 e. The van der Waals surface area contributed by atoms with E-state index < -0.39 is 27.2 Å². The molecule has 13 heavy (non-hydrogen) atoms. The first-order valence-corrected chi connectivity index (χ1v) is 6.38. The summed E-state index contributed by atoms with van der Waals surface area (Å²) in [6, 6.07) is 0. The molecule has 0 saturated heterocycles. The Labute approximate surface area is 105 Å². The molecule has 1 rings (SSSR count). The number of alkyl halides is 4. The van der Waals surface area contributed by atoms with Gasteiger partial charge in [0.25, 0.3) is 3.67 Å². The molecule has 0 aromatic heterocycles. The van der Waals surface area contributed by atoms with Crippen LogP contribution in [0.2, 0.25) is 0 Å². The lowest BCUT2D eigenvalue weighted by Crippen LogP contribution is -2.37. The van der Waals surface area contributed by atoms with Gasteiger partial charge in [-0.1, -0.05) is 69.6 Å². The number of rotatable bonds is 0. The Morgan fingerprint density at radius 3 is 1.46 bits per heavy atom.